The summed E-state index contributed by atoms with van der Waals surface area (Å²) in [4.78, 5) is 5.06. The lowest BCUT2D eigenvalue weighted by Gasteiger charge is -2.45. The lowest BCUT2D eigenvalue weighted by Crippen LogP contribution is -2.60. The second-order valence-corrected chi connectivity index (χ2v) is 32.8. The van der Waals surface area contributed by atoms with Crippen LogP contribution in [0.4, 0.5) is 34.1 Å². The molecule has 0 saturated carbocycles. The van der Waals surface area contributed by atoms with Crippen molar-refractivity contribution in [2.24, 2.45) is 0 Å². The standard InChI is InChI=1S/C100H80BN3S/c1-98(2,3)72-50-52-80-91(61-72)105-97-96(80)104(95-83(66-34-18-12-19-35-66)59-74(100(7,8)9)60-84(95)67-36-20-13-21-37-67)90-56-71(63-46-48-68(49-47-63)92-76-40-24-22-38-69(76)54-70-39-23-25-41-77(70)92)55-89-93(90)101(97)85-53-51-75(102-86-44-28-26-42-78(86)79-43-27-29-45-87(79)102)62-88(85)103(89)94-81(64-30-14-10-15-31-64)57-73(99(4,5)6)58-82(94)65-32-16-11-17-33-65/h10-62H,1-9H3/i51D,53D,62D. The molecule has 4 heterocycles. The van der Waals surface area contributed by atoms with E-state index < -0.39 is 6.71 Å². The molecule has 15 aromatic carbocycles. The third-order valence-corrected chi connectivity index (χ3v) is 23.3. The molecule has 2 aromatic heterocycles. The van der Waals surface area contributed by atoms with Crippen molar-refractivity contribution in [3.8, 4) is 72.4 Å². The first kappa shape index (κ1) is 60.8. The summed E-state index contributed by atoms with van der Waals surface area (Å²) in [6.07, 6.45) is 0. The maximum Gasteiger partial charge on any atom is 0.264 e. The van der Waals surface area contributed by atoms with Gasteiger partial charge in [-0.2, -0.15) is 0 Å². The monoisotopic (exact) mass is 1370 g/mol. The van der Waals surface area contributed by atoms with E-state index in [1.54, 1.807) is 11.3 Å². The largest absolute Gasteiger partial charge is 0.310 e. The van der Waals surface area contributed by atoms with Gasteiger partial charge in [-0.05, 0) is 183 Å². The number of fused-ring (bicyclic) bond motifs is 11. The molecule has 19 rings (SSSR count). The van der Waals surface area contributed by atoms with Gasteiger partial charge in [-0.15, -0.1) is 11.3 Å². The number of para-hydroxylation sites is 2. The zero-order valence-corrected chi connectivity index (χ0v) is 61.5. The van der Waals surface area contributed by atoms with Crippen LogP contribution in [-0.4, -0.2) is 11.3 Å². The van der Waals surface area contributed by atoms with E-state index in [-0.39, 0.29) is 34.4 Å². The molecule has 0 fully saturated rings. The molecule has 0 N–H and O–H groups in total. The summed E-state index contributed by atoms with van der Waals surface area (Å²) < 4.78 is 38.5. The van der Waals surface area contributed by atoms with Crippen LogP contribution in [-0.2, 0) is 16.2 Å². The highest BCUT2D eigenvalue weighted by Crippen LogP contribution is 2.57. The summed E-state index contributed by atoms with van der Waals surface area (Å²) in [5, 5.41) is 7.90. The van der Waals surface area contributed by atoms with Gasteiger partial charge in [0.05, 0.1) is 32.2 Å². The minimum absolute atomic E-state index is 0.00357. The molecule has 5 heteroatoms. The fourth-order valence-corrected chi connectivity index (χ4v) is 18.1. The van der Waals surface area contributed by atoms with E-state index in [1.165, 1.54) is 38.2 Å². The lowest BCUT2D eigenvalue weighted by atomic mass is 9.36. The molecule has 0 bridgehead atoms. The summed E-state index contributed by atoms with van der Waals surface area (Å²) in [5.74, 6) is 0. The van der Waals surface area contributed by atoms with Gasteiger partial charge in [0, 0.05) is 70.6 Å². The number of aromatic nitrogens is 1. The molecule has 0 unspecified atom stereocenters. The van der Waals surface area contributed by atoms with E-state index in [4.69, 9.17) is 0 Å². The third kappa shape index (κ3) is 10.6. The Labute approximate surface area is 624 Å². The van der Waals surface area contributed by atoms with Gasteiger partial charge in [0.25, 0.3) is 6.71 Å². The average molecular weight is 1370 g/mol. The Morgan fingerprint density at radius 3 is 1.22 bits per heavy atom. The van der Waals surface area contributed by atoms with Crippen molar-refractivity contribution in [1.82, 2.24) is 4.57 Å². The molecule has 17 aromatic rings. The molecule has 3 nitrogen and oxygen atoms in total. The van der Waals surface area contributed by atoms with Crippen LogP contribution >= 0.6 is 11.3 Å². The smallest absolute Gasteiger partial charge is 0.264 e. The number of nitrogens with zero attached hydrogens (tertiary/aromatic N) is 3. The number of benzene rings is 15. The molecule has 105 heavy (non-hydrogen) atoms. The topological polar surface area (TPSA) is 11.4 Å². The molecular weight excluding hydrogens is 1290 g/mol. The Hall–Kier alpha value is -11.8. The van der Waals surface area contributed by atoms with Crippen molar-refractivity contribution in [3.63, 3.8) is 0 Å². The maximum atomic E-state index is 11.8. The first-order valence-corrected chi connectivity index (χ1v) is 37.7. The second-order valence-electron chi connectivity index (χ2n) is 31.7. The fourth-order valence-electron chi connectivity index (χ4n) is 16.7. The molecule has 2 aliphatic heterocycles. The van der Waals surface area contributed by atoms with Crippen molar-refractivity contribution in [2.75, 3.05) is 9.80 Å². The molecule has 0 amide bonds. The van der Waals surface area contributed by atoms with Crippen molar-refractivity contribution in [1.29, 1.82) is 0 Å². The molecular formula is C100H80BN3S. The number of thiophene rings is 1. The van der Waals surface area contributed by atoms with Crippen LogP contribution in [0.5, 0.6) is 0 Å². The maximum absolute atomic E-state index is 11.8. The van der Waals surface area contributed by atoms with Gasteiger partial charge in [-0.1, -0.05) is 311 Å². The highest BCUT2D eigenvalue weighted by molar-refractivity contribution is 7.33. The summed E-state index contributed by atoms with van der Waals surface area (Å²) in [5.41, 5.74) is 24.6. The van der Waals surface area contributed by atoms with Crippen molar-refractivity contribution < 1.29 is 4.11 Å². The summed E-state index contributed by atoms with van der Waals surface area (Å²) in [7, 11) is 0. The predicted octanol–water partition coefficient (Wildman–Crippen LogP) is 26.3. The summed E-state index contributed by atoms with van der Waals surface area (Å²) in [6, 6.07) is 111. The number of hydrogen-bond donors (Lipinski definition) is 0. The number of anilines is 6. The summed E-state index contributed by atoms with van der Waals surface area (Å²) in [6.45, 7) is 20.1. The molecule has 504 valence electrons. The quantitative estimate of drug-likeness (QED) is 0.105. The van der Waals surface area contributed by atoms with E-state index in [0.29, 0.717) is 16.8 Å². The van der Waals surface area contributed by atoms with Gasteiger partial charge < -0.3 is 14.4 Å². The van der Waals surface area contributed by atoms with Crippen LogP contribution in [0.3, 0.4) is 0 Å². The number of hydrogen-bond acceptors (Lipinski definition) is 3. The first-order chi connectivity index (χ1) is 52.3. The summed E-state index contributed by atoms with van der Waals surface area (Å²) >= 11 is 1.80. The highest BCUT2D eigenvalue weighted by atomic mass is 32.1. The predicted molar refractivity (Wildman–Crippen MR) is 454 cm³/mol. The Balaban J connectivity index is 1.03. The van der Waals surface area contributed by atoms with E-state index in [1.807, 2.05) is 12.1 Å². The third-order valence-electron chi connectivity index (χ3n) is 22.1. The van der Waals surface area contributed by atoms with Crippen LogP contribution < -0.4 is 25.5 Å². The molecule has 0 spiro atoms. The van der Waals surface area contributed by atoms with E-state index in [9.17, 15) is 4.11 Å². The Morgan fingerprint density at radius 1 is 0.324 bits per heavy atom. The minimum Gasteiger partial charge on any atom is -0.310 e. The van der Waals surface area contributed by atoms with Gasteiger partial charge in [0.1, 0.15) is 0 Å². The van der Waals surface area contributed by atoms with Gasteiger partial charge in [0.15, 0.2) is 0 Å². The first-order valence-electron chi connectivity index (χ1n) is 38.3. The Bertz CT molecular complexity index is 6290. The fraction of sp³-hybridized carbons (Fsp3) is 0.120. The van der Waals surface area contributed by atoms with Crippen LogP contribution in [0.25, 0.3) is 126 Å². The molecule has 0 radical (unpaired) electrons. The van der Waals surface area contributed by atoms with Crippen molar-refractivity contribution in [2.45, 2.75) is 78.6 Å². The zero-order chi connectivity index (χ0) is 73.8. The van der Waals surface area contributed by atoms with Gasteiger partial charge in [0.2, 0.25) is 0 Å². The van der Waals surface area contributed by atoms with Gasteiger partial charge >= 0.3 is 0 Å². The average Bonchev–Trinajstić information content (AvgIpc) is 1.10. The van der Waals surface area contributed by atoms with Crippen molar-refractivity contribution in [3.05, 3.63) is 338 Å². The van der Waals surface area contributed by atoms with Crippen LogP contribution in [0.2, 0.25) is 0 Å². The second kappa shape index (κ2) is 24.4. The minimum atomic E-state index is -0.657. The zero-order valence-electron chi connectivity index (χ0n) is 63.7. The van der Waals surface area contributed by atoms with Crippen LogP contribution in [0, 0.1) is 0 Å². The van der Waals surface area contributed by atoms with E-state index >= 15 is 0 Å². The highest BCUT2D eigenvalue weighted by Gasteiger charge is 2.48. The van der Waals surface area contributed by atoms with Gasteiger partial charge in [-0.3, -0.25) is 0 Å². The lowest BCUT2D eigenvalue weighted by molar-refractivity contribution is 0.590. The van der Waals surface area contributed by atoms with Crippen molar-refractivity contribution >= 4 is 121 Å². The van der Waals surface area contributed by atoms with Crippen LogP contribution in [0.1, 0.15) is 83.1 Å². The van der Waals surface area contributed by atoms with E-state index in [2.05, 4.69) is 368 Å². The van der Waals surface area contributed by atoms with Crippen LogP contribution in [0.15, 0.2) is 321 Å². The molecule has 0 aliphatic carbocycles. The Kier molecular flexibility index (Phi) is 14.2. The van der Waals surface area contributed by atoms with E-state index in [0.717, 1.165) is 137 Å². The molecule has 0 atom stereocenters. The normalized spacial score (nSPS) is 13.3. The molecule has 2 aliphatic rings. The van der Waals surface area contributed by atoms with Gasteiger partial charge in [-0.25, -0.2) is 0 Å². The molecule has 0 saturated heterocycles. The Morgan fingerprint density at radius 2 is 0.743 bits per heavy atom. The number of rotatable bonds is 9. The SMILES string of the molecule is [2H]c1c([2H])c(-n2c3ccccc3c3ccccc32)c([2H])c2c1B1c3sc4cc(C(C)(C)C)ccc4c3N(c3c(-c4ccccc4)cc(C(C)(C)C)cc3-c3ccccc3)c3cc(-c4ccc(-c5c6ccccc6cc6ccccc56)cc4)cc(c31)N2c1c(-c2ccccc2)cc(C(C)(C)C)cc1-c1ccccc1.